The van der Waals surface area contributed by atoms with Crippen LogP contribution in [0.2, 0.25) is 0 Å². The van der Waals surface area contributed by atoms with Crippen molar-refractivity contribution in [1.82, 2.24) is 0 Å². The van der Waals surface area contributed by atoms with Gasteiger partial charge >= 0.3 is 0 Å². The second-order valence-corrected chi connectivity index (χ2v) is 5.97. The standard InChI is InChI=1S/C13H16Br2O2/c1-4-9(16)8-5-6-10(17)11(12(8)15)13(2,3)7-14/h5-6,17H,4,7H2,1-3H3. The van der Waals surface area contributed by atoms with Crippen LogP contribution in [0.3, 0.4) is 0 Å². The van der Waals surface area contributed by atoms with Gasteiger partial charge in [0, 0.05) is 32.8 Å². The lowest BCUT2D eigenvalue weighted by Crippen LogP contribution is -2.20. The molecule has 0 atom stereocenters. The molecule has 0 radical (unpaired) electrons. The lowest BCUT2D eigenvalue weighted by Gasteiger charge is -2.25. The van der Waals surface area contributed by atoms with Gasteiger partial charge in [-0.2, -0.15) is 0 Å². The largest absolute Gasteiger partial charge is 0.508 e. The van der Waals surface area contributed by atoms with E-state index in [0.29, 0.717) is 21.8 Å². The summed E-state index contributed by atoms with van der Waals surface area (Å²) in [7, 11) is 0. The van der Waals surface area contributed by atoms with E-state index in [2.05, 4.69) is 31.9 Å². The van der Waals surface area contributed by atoms with Crippen LogP contribution in [-0.4, -0.2) is 16.2 Å². The Bertz CT molecular complexity index is 439. The zero-order valence-electron chi connectivity index (χ0n) is 10.2. The Labute approximate surface area is 119 Å². The molecule has 0 saturated heterocycles. The Morgan fingerprint density at radius 3 is 2.47 bits per heavy atom. The fraction of sp³-hybridized carbons (Fsp3) is 0.462. The molecule has 0 amide bonds. The summed E-state index contributed by atoms with van der Waals surface area (Å²) in [6.45, 7) is 5.86. The monoisotopic (exact) mass is 362 g/mol. The lowest BCUT2D eigenvalue weighted by molar-refractivity contribution is 0.0987. The van der Waals surface area contributed by atoms with Gasteiger partial charge in [0.25, 0.3) is 0 Å². The lowest BCUT2D eigenvalue weighted by atomic mass is 9.84. The summed E-state index contributed by atoms with van der Waals surface area (Å²) < 4.78 is 0.703. The highest BCUT2D eigenvalue weighted by Gasteiger charge is 2.27. The van der Waals surface area contributed by atoms with Crippen LogP contribution in [0.15, 0.2) is 16.6 Å². The molecule has 0 unspecified atom stereocenters. The van der Waals surface area contributed by atoms with Gasteiger partial charge in [-0.3, -0.25) is 4.79 Å². The number of hydrogen-bond donors (Lipinski definition) is 1. The first-order valence-corrected chi connectivity index (χ1v) is 7.37. The third-order valence-corrected chi connectivity index (χ3v) is 4.98. The molecule has 0 fully saturated rings. The number of benzene rings is 1. The van der Waals surface area contributed by atoms with Crippen molar-refractivity contribution in [2.75, 3.05) is 5.33 Å². The normalized spacial score (nSPS) is 11.6. The Balaban J connectivity index is 3.45. The van der Waals surface area contributed by atoms with Crippen LogP contribution in [0.4, 0.5) is 0 Å². The summed E-state index contributed by atoms with van der Waals surface area (Å²) >= 11 is 6.89. The fourth-order valence-corrected chi connectivity index (χ4v) is 3.06. The number of alkyl halides is 1. The molecule has 17 heavy (non-hydrogen) atoms. The molecule has 94 valence electrons. The fourth-order valence-electron chi connectivity index (χ4n) is 1.68. The molecule has 0 spiro atoms. The van der Waals surface area contributed by atoms with Gasteiger partial charge in [0.15, 0.2) is 5.78 Å². The van der Waals surface area contributed by atoms with Crippen molar-refractivity contribution in [2.24, 2.45) is 0 Å². The molecular weight excluding hydrogens is 348 g/mol. The Hall–Kier alpha value is -0.350. The maximum absolute atomic E-state index is 11.8. The van der Waals surface area contributed by atoms with Gasteiger partial charge in [-0.1, -0.05) is 36.7 Å². The molecule has 2 nitrogen and oxygen atoms in total. The van der Waals surface area contributed by atoms with Gasteiger partial charge in [0.05, 0.1) is 0 Å². The first-order valence-electron chi connectivity index (χ1n) is 5.46. The average molecular weight is 364 g/mol. The smallest absolute Gasteiger partial charge is 0.163 e. The van der Waals surface area contributed by atoms with Crippen LogP contribution in [0, 0.1) is 0 Å². The topological polar surface area (TPSA) is 37.3 Å². The van der Waals surface area contributed by atoms with E-state index in [1.807, 2.05) is 20.8 Å². The number of carbonyl (C=O) groups is 1. The highest BCUT2D eigenvalue weighted by Crippen LogP contribution is 2.40. The van der Waals surface area contributed by atoms with Gasteiger partial charge in [0.1, 0.15) is 5.75 Å². The highest BCUT2D eigenvalue weighted by atomic mass is 79.9. The number of ketones is 1. The van der Waals surface area contributed by atoms with Crippen molar-refractivity contribution >= 4 is 37.6 Å². The predicted molar refractivity (Wildman–Crippen MR) is 77.2 cm³/mol. The third kappa shape index (κ3) is 2.91. The van der Waals surface area contributed by atoms with E-state index in [0.717, 1.165) is 5.56 Å². The van der Waals surface area contributed by atoms with Crippen molar-refractivity contribution in [3.05, 3.63) is 27.7 Å². The van der Waals surface area contributed by atoms with Crippen LogP contribution in [0.5, 0.6) is 5.75 Å². The van der Waals surface area contributed by atoms with E-state index in [4.69, 9.17) is 0 Å². The minimum absolute atomic E-state index is 0.0727. The third-order valence-electron chi connectivity index (χ3n) is 2.75. The van der Waals surface area contributed by atoms with E-state index in [1.165, 1.54) is 0 Å². The molecule has 0 heterocycles. The summed E-state index contributed by atoms with van der Waals surface area (Å²) in [6.07, 6.45) is 0.456. The quantitative estimate of drug-likeness (QED) is 0.635. The van der Waals surface area contributed by atoms with E-state index in [-0.39, 0.29) is 16.9 Å². The Morgan fingerprint density at radius 1 is 1.41 bits per heavy atom. The average Bonchev–Trinajstić information content (AvgIpc) is 2.28. The molecular formula is C13H16Br2O2. The van der Waals surface area contributed by atoms with E-state index in [9.17, 15) is 9.90 Å². The minimum atomic E-state index is -0.243. The van der Waals surface area contributed by atoms with Crippen LogP contribution >= 0.6 is 31.9 Å². The summed E-state index contributed by atoms with van der Waals surface area (Å²) in [5.74, 6) is 0.289. The molecule has 0 aliphatic rings. The Morgan fingerprint density at radius 2 is 2.00 bits per heavy atom. The summed E-state index contributed by atoms with van der Waals surface area (Å²) in [5.41, 5.74) is 1.16. The highest BCUT2D eigenvalue weighted by molar-refractivity contribution is 9.10. The molecule has 0 bridgehead atoms. The van der Waals surface area contributed by atoms with Crippen LogP contribution in [0.25, 0.3) is 0 Å². The SMILES string of the molecule is CCC(=O)c1ccc(O)c(C(C)(C)CBr)c1Br. The maximum Gasteiger partial charge on any atom is 0.163 e. The van der Waals surface area contributed by atoms with Crippen LogP contribution < -0.4 is 0 Å². The summed E-state index contributed by atoms with van der Waals surface area (Å²) in [4.78, 5) is 11.8. The number of Topliss-reactive ketones (excluding diaryl/α,β-unsaturated/α-hetero) is 1. The number of halogens is 2. The molecule has 1 N–H and O–H groups in total. The second-order valence-electron chi connectivity index (χ2n) is 4.62. The zero-order valence-corrected chi connectivity index (χ0v) is 13.4. The van der Waals surface area contributed by atoms with E-state index >= 15 is 0 Å². The number of phenols is 1. The molecule has 1 aromatic rings. The number of aromatic hydroxyl groups is 1. The van der Waals surface area contributed by atoms with E-state index in [1.54, 1.807) is 12.1 Å². The molecule has 0 aromatic heterocycles. The van der Waals surface area contributed by atoms with Gasteiger partial charge < -0.3 is 5.11 Å². The van der Waals surface area contributed by atoms with Crippen molar-refractivity contribution in [2.45, 2.75) is 32.6 Å². The Kier molecular flexibility index (Phi) is 4.78. The first kappa shape index (κ1) is 14.7. The number of phenolic OH excluding ortho intramolecular Hbond substituents is 1. The van der Waals surface area contributed by atoms with Gasteiger partial charge in [-0.25, -0.2) is 0 Å². The molecule has 4 heteroatoms. The number of carbonyl (C=O) groups excluding carboxylic acids is 1. The molecule has 1 aromatic carbocycles. The summed E-state index contributed by atoms with van der Waals surface area (Å²) in [6, 6.07) is 3.26. The maximum atomic E-state index is 11.8. The van der Waals surface area contributed by atoms with Crippen molar-refractivity contribution < 1.29 is 9.90 Å². The van der Waals surface area contributed by atoms with Crippen molar-refractivity contribution in [1.29, 1.82) is 0 Å². The molecule has 0 aliphatic carbocycles. The first-order chi connectivity index (χ1) is 7.85. The predicted octanol–water partition coefficient (Wildman–Crippen LogP) is 4.42. The molecule has 0 saturated carbocycles. The summed E-state index contributed by atoms with van der Waals surface area (Å²) in [5, 5.41) is 10.7. The number of hydrogen-bond acceptors (Lipinski definition) is 2. The second kappa shape index (κ2) is 5.53. The van der Waals surface area contributed by atoms with E-state index < -0.39 is 0 Å². The van der Waals surface area contributed by atoms with Crippen molar-refractivity contribution in [3.63, 3.8) is 0 Å². The zero-order chi connectivity index (χ0) is 13.2. The van der Waals surface area contributed by atoms with Gasteiger partial charge in [0.2, 0.25) is 0 Å². The van der Waals surface area contributed by atoms with Crippen LogP contribution in [-0.2, 0) is 5.41 Å². The van der Waals surface area contributed by atoms with Gasteiger partial charge in [-0.15, -0.1) is 0 Å². The number of rotatable bonds is 4. The minimum Gasteiger partial charge on any atom is -0.508 e. The molecule has 1 rings (SSSR count). The molecule has 0 aliphatic heterocycles. The van der Waals surface area contributed by atoms with Crippen LogP contribution in [0.1, 0.15) is 43.1 Å². The van der Waals surface area contributed by atoms with Crippen molar-refractivity contribution in [3.8, 4) is 5.75 Å². The van der Waals surface area contributed by atoms with Gasteiger partial charge in [-0.05, 0) is 28.1 Å².